The summed E-state index contributed by atoms with van der Waals surface area (Å²) >= 11 is 0. The molecule has 0 radical (unpaired) electrons. The Balaban J connectivity index is 3.93. The second kappa shape index (κ2) is 7.17. The molecule has 0 fully saturated rings. The SMILES string of the molecule is CC[C@H](CO)NS(=O)(=O)CCCOC. The van der Waals surface area contributed by atoms with Crippen LogP contribution in [0.25, 0.3) is 0 Å². The molecule has 0 amide bonds. The number of nitrogens with one attached hydrogen (secondary N) is 1. The number of aliphatic hydroxyl groups is 1. The lowest BCUT2D eigenvalue weighted by Gasteiger charge is -2.13. The number of sulfonamides is 1. The van der Waals surface area contributed by atoms with Crippen molar-refractivity contribution >= 4 is 10.0 Å². The van der Waals surface area contributed by atoms with Gasteiger partial charge in [-0.15, -0.1) is 0 Å². The molecule has 0 unspecified atom stereocenters. The minimum absolute atomic E-state index is 0.0390. The van der Waals surface area contributed by atoms with Crippen LogP contribution in [0.2, 0.25) is 0 Å². The minimum Gasteiger partial charge on any atom is -0.395 e. The van der Waals surface area contributed by atoms with Crippen molar-refractivity contribution < 1.29 is 18.3 Å². The van der Waals surface area contributed by atoms with E-state index >= 15 is 0 Å². The minimum atomic E-state index is -3.27. The first-order valence-corrected chi connectivity index (χ1v) is 6.30. The molecule has 0 aromatic rings. The van der Waals surface area contributed by atoms with Gasteiger partial charge in [-0.3, -0.25) is 0 Å². The normalized spacial score (nSPS) is 14.2. The first kappa shape index (κ1) is 13.8. The molecular formula is C8H19NO4S. The lowest BCUT2D eigenvalue weighted by molar-refractivity contribution is 0.199. The average Bonchev–Trinajstić information content (AvgIpc) is 2.14. The van der Waals surface area contributed by atoms with Crippen molar-refractivity contribution in [3.63, 3.8) is 0 Å². The molecule has 2 N–H and O–H groups in total. The summed E-state index contributed by atoms with van der Waals surface area (Å²) in [7, 11) is -1.74. The number of methoxy groups -OCH3 is 1. The zero-order valence-electron chi connectivity index (χ0n) is 8.69. The van der Waals surface area contributed by atoms with Gasteiger partial charge in [-0.05, 0) is 12.8 Å². The Bertz CT molecular complexity index is 223. The van der Waals surface area contributed by atoms with E-state index in [0.717, 1.165) is 0 Å². The number of ether oxygens (including phenoxy) is 1. The molecule has 0 aliphatic rings. The lowest BCUT2D eigenvalue weighted by Crippen LogP contribution is -2.38. The highest BCUT2D eigenvalue weighted by Gasteiger charge is 2.14. The van der Waals surface area contributed by atoms with Crippen molar-refractivity contribution in [1.29, 1.82) is 0 Å². The topological polar surface area (TPSA) is 75.6 Å². The fourth-order valence-electron chi connectivity index (χ4n) is 0.956. The van der Waals surface area contributed by atoms with E-state index in [4.69, 9.17) is 9.84 Å². The predicted molar refractivity (Wildman–Crippen MR) is 54.6 cm³/mol. The largest absolute Gasteiger partial charge is 0.395 e. The van der Waals surface area contributed by atoms with Gasteiger partial charge < -0.3 is 9.84 Å². The van der Waals surface area contributed by atoms with Gasteiger partial charge in [0.2, 0.25) is 10.0 Å². The van der Waals surface area contributed by atoms with Gasteiger partial charge in [0.1, 0.15) is 0 Å². The third-order valence-electron chi connectivity index (χ3n) is 1.82. The van der Waals surface area contributed by atoms with E-state index < -0.39 is 10.0 Å². The standard InChI is InChI=1S/C8H19NO4S/c1-3-8(7-10)9-14(11,12)6-4-5-13-2/h8-10H,3-7H2,1-2H3/t8-/m1/s1. The fourth-order valence-corrected chi connectivity index (χ4v) is 2.32. The molecule has 0 saturated carbocycles. The molecule has 1 atom stereocenters. The van der Waals surface area contributed by atoms with Crippen molar-refractivity contribution in [3.05, 3.63) is 0 Å². The maximum atomic E-state index is 11.4. The van der Waals surface area contributed by atoms with Crippen LogP contribution in [0.3, 0.4) is 0 Å². The van der Waals surface area contributed by atoms with Crippen LogP contribution < -0.4 is 4.72 Å². The van der Waals surface area contributed by atoms with Gasteiger partial charge in [0.05, 0.1) is 12.4 Å². The van der Waals surface area contributed by atoms with Crippen LogP contribution >= 0.6 is 0 Å². The van der Waals surface area contributed by atoms with E-state index in [1.54, 1.807) is 0 Å². The van der Waals surface area contributed by atoms with Crippen LogP contribution in [-0.2, 0) is 14.8 Å². The average molecular weight is 225 g/mol. The monoisotopic (exact) mass is 225 g/mol. The molecule has 0 saturated heterocycles. The van der Waals surface area contributed by atoms with Crippen molar-refractivity contribution in [2.75, 3.05) is 26.1 Å². The smallest absolute Gasteiger partial charge is 0.212 e. The molecule has 14 heavy (non-hydrogen) atoms. The second-order valence-corrected chi connectivity index (χ2v) is 4.94. The van der Waals surface area contributed by atoms with Crippen molar-refractivity contribution in [1.82, 2.24) is 4.72 Å². The molecule has 86 valence electrons. The van der Waals surface area contributed by atoms with Crippen LogP contribution in [-0.4, -0.2) is 45.6 Å². The van der Waals surface area contributed by atoms with Gasteiger partial charge in [0, 0.05) is 19.8 Å². The van der Waals surface area contributed by atoms with E-state index in [2.05, 4.69) is 4.72 Å². The Hall–Kier alpha value is -0.170. The molecule has 0 bridgehead atoms. The van der Waals surface area contributed by atoms with E-state index in [1.165, 1.54) is 7.11 Å². The van der Waals surface area contributed by atoms with Crippen LogP contribution in [0.4, 0.5) is 0 Å². The highest BCUT2D eigenvalue weighted by molar-refractivity contribution is 7.89. The lowest BCUT2D eigenvalue weighted by atomic mass is 10.3. The summed E-state index contributed by atoms with van der Waals surface area (Å²) in [5, 5.41) is 8.81. The maximum Gasteiger partial charge on any atom is 0.212 e. The number of hydrogen-bond donors (Lipinski definition) is 2. The molecule has 0 rings (SSSR count). The molecule has 0 aliphatic heterocycles. The van der Waals surface area contributed by atoms with Gasteiger partial charge in [-0.2, -0.15) is 0 Å². The summed E-state index contributed by atoms with van der Waals surface area (Å²) in [4.78, 5) is 0. The zero-order chi connectivity index (χ0) is 11.0. The molecule has 0 aromatic heterocycles. The summed E-state index contributed by atoms with van der Waals surface area (Å²) in [5.74, 6) is 0.0390. The van der Waals surface area contributed by atoms with E-state index in [-0.39, 0.29) is 18.4 Å². The van der Waals surface area contributed by atoms with Gasteiger partial charge in [-0.1, -0.05) is 6.92 Å². The third-order valence-corrected chi connectivity index (χ3v) is 3.34. The van der Waals surface area contributed by atoms with Crippen LogP contribution in [0, 0.1) is 0 Å². The summed E-state index contributed by atoms with van der Waals surface area (Å²) < 4.78 is 29.9. The molecule has 5 nitrogen and oxygen atoms in total. The van der Waals surface area contributed by atoms with Gasteiger partial charge in [0.15, 0.2) is 0 Å². The quantitative estimate of drug-likeness (QED) is 0.557. The molecule has 0 heterocycles. The molecule has 0 aliphatic carbocycles. The number of hydrogen-bond acceptors (Lipinski definition) is 4. The summed E-state index contributed by atoms with van der Waals surface area (Å²) in [6, 6.07) is -0.373. The first-order valence-electron chi connectivity index (χ1n) is 4.65. The van der Waals surface area contributed by atoms with Crippen molar-refractivity contribution in [2.24, 2.45) is 0 Å². The molecule has 0 spiro atoms. The van der Waals surface area contributed by atoms with Gasteiger partial charge in [0.25, 0.3) is 0 Å². The van der Waals surface area contributed by atoms with Crippen LogP contribution in [0.15, 0.2) is 0 Å². The zero-order valence-corrected chi connectivity index (χ0v) is 9.51. The fraction of sp³-hybridized carbons (Fsp3) is 1.00. The van der Waals surface area contributed by atoms with Crippen molar-refractivity contribution in [2.45, 2.75) is 25.8 Å². The summed E-state index contributed by atoms with van der Waals surface area (Å²) in [5.41, 5.74) is 0. The van der Waals surface area contributed by atoms with Crippen LogP contribution in [0.1, 0.15) is 19.8 Å². The molecular weight excluding hydrogens is 206 g/mol. The van der Waals surface area contributed by atoms with Gasteiger partial charge in [-0.25, -0.2) is 13.1 Å². The Morgan fingerprint density at radius 2 is 2.14 bits per heavy atom. The Morgan fingerprint density at radius 1 is 1.50 bits per heavy atom. The van der Waals surface area contributed by atoms with Gasteiger partial charge >= 0.3 is 0 Å². The summed E-state index contributed by atoms with van der Waals surface area (Å²) in [6.07, 6.45) is 1.05. The molecule has 0 aromatic carbocycles. The van der Waals surface area contributed by atoms with E-state index in [1.807, 2.05) is 6.92 Å². The highest BCUT2D eigenvalue weighted by atomic mass is 32.2. The number of rotatable bonds is 8. The van der Waals surface area contributed by atoms with E-state index in [9.17, 15) is 8.42 Å². The first-order chi connectivity index (χ1) is 6.55. The van der Waals surface area contributed by atoms with Crippen molar-refractivity contribution in [3.8, 4) is 0 Å². The molecule has 6 heteroatoms. The Kier molecular flexibility index (Phi) is 7.08. The third kappa shape index (κ3) is 6.31. The summed E-state index contributed by atoms with van der Waals surface area (Å²) in [6.45, 7) is 2.08. The van der Waals surface area contributed by atoms with Crippen LogP contribution in [0.5, 0.6) is 0 Å². The highest BCUT2D eigenvalue weighted by Crippen LogP contribution is 1.96. The second-order valence-electron chi connectivity index (χ2n) is 3.07. The predicted octanol–water partition coefficient (Wildman–Crippen LogP) is -0.287. The number of aliphatic hydroxyl groups excluding tert-OH is 1. The maximum absolute atomic E-state index is 11.4. The van der Waals surface area contributed by atoms with E-state index in [0.29, 0.717) is 19.4 Å². The Labute approximate surface area is 85.5 Å². The Morgan fingerprint density at radius 3 is 2.57 bits per heavy atom.